The fraction of sp³-hybridized carbons (Fsp3) is 0.538. The van der Waals surface area contributed by atoms with E-state index in [1.54, 1.807) is 0 Å². The summed E-state index contributed by atoms with van der Waals surface area (Å²) < 4.78 is 52.8. The second kappa shape index (κ2) is 7.02. The van der Waals surface area contributed by atoms with Gasteiger partial charge in [0.15, 0.2) is 5.82 Å². The van der Waals surface area contributed by atoms with Crippen LogP contribution in [0.5, 0.6) is 0 Å². The van der Waals surface area contributed by atoms with Crippen molar-refractivity contribution in [1.29, 1.82) is 0 Å². The largest absolute Gasteiger partial charge is 0.314 e. The van der Waals surface area contributed by atoms with Crippen molar-refractivity contribution in [2.75, 3.05) is 17.0 Å². The molecule has 1 aliphatic heterocycles. The molecule has 1 aromatic carbocycles. The molecule has 0 aromatic heterocycles. The monoisotopic (exact) mass is 382 g/mol. The highest BCUT2D eigenvalue weighted by Gasteiger charge is 2.20. The summed E-state index contributed by atoms with van der Waals surface area (Å²) in [7, 11) is -3.67. The molecule has 0 saturated carbocycles. The van der Waals surface area contributed by atoms with E-state index in [2.05, 4.69) is 26.0 Å². The smallest absolute Gasteiger partial charge is 0.232 e. The van der Waals surface area contributed by atoms with Crippen molar-refractivity contribution in [2.45, 2.75) is 31.7 Å². The predicted molar refractivity (Wildman–Crippen MR) is 81.7 cm³/mol. The third-order valence-corrected chi connectivity index (χ3v) is 5.33. The number of hydrogen-bond acceptors (Lipinski definition) is 3. The lowest BCUT2D eigenvalue weighted by Gasteiger charge is -2.23. The maximum atomic E-state index is 13.6. The number of rotatable bonds is 5. The van der Waals surface area contributed by atoms with Gasteiger partial charge in [0.25, 0.3) is 0 Å². The van der Waals surface area contributed by atoms with Crippen LogP contribution in [0.15, 0.2) is 16.6 Å². The number of nitrogens with one attached hydrogen (secondary N) is 2. The Morgan fingerprint density at radius 2 is 2.10 bits per heavy atom. The number of hydrogen-bond donors (Lipinski definition) is 2. The summed E-state index contributed by atoms with van der Waals surface area (Å²) in [5.41, 5.74) is -0.256. The SMILES string of the molecule is O=S(=O)(CCC1CCCCN1)Nc1c(F)cc(F)cc1Br. The number of sulfonamides is 1. The number of piperidine rings is 1. The van der Waals surface area contributed by atoms with Gasteiger partial charge in [0.2, 0.25) is 10.0 Å². The van der Waals surface area contributed by atoms with E-state index in [4.69, 9.17) is 0 Å². The summed E-state index contributed by atoms with van der Waals surface area (Å²) in [6.07, 6.45) is 3.61. The van der Waals surface area contributed by atoms with Crippen LogP contribution in [0.3, 0.4) is 0 Å². The number of halogens is 3. The minimum Gasteiger partial charge on any atom is -0.314 e. The van der Waals surface area contributed by atoms with Crippen LogP contribution in [0.4, 0.5) is 14.5 Å². The molecule has 2 rings (SSSR count). The van der Waals surface area contributed by atoms with Crippen molar-refractivity contribution < 1.29 is 17.2 Å². The van der Waals surface area contributed by atoms with Crippen LogP contribution >= 0.6 is 15.9 Å². The third-order valence-electron chi connectivity index (χ3n) is 3.41. The fourth-order valence-electron chi connectivity index (χ4n) is 2.31. The molecule has 0 amide bonds. The molecular weight excluding hydrogens is 366 g/mol. The lowest BCUT2D eigenvalue weighted by atomic mass is 10.0. The van der Waals surface area contributed by atoms with Gasteiger partial charge >= 0.3 is 0 Å². The van der Waals surface area contributed by atoms with Crippen LogP contribution in [0.1, 0.15) is 25.7 Å². The quantitative estimate of drug-likeness (QED) is 0.822. The Hall–Kier alpha value is -0.730. The average molecular weight is 383 g/mol. The molecule has 1 heterocycles. The van der Waals surface area contributed by atoms with Gasteiger partial charge in [-0.15, -0.1) is 0 Å². The maximum absolute atomic E-state index is 13.6. The molecule has 0 radical (unpaired) electrons. The highest BCUT2D eigenvalue weighted by atomic mass is 79.9. The minimum absolute atomic E-state index is 0.0411. The van der Waals surface area contributed by atoms with Crippen LogP contribution in [-0.4, -0.2) is 26.8 Å². The molecule has 2 N–H and O–H groups in total. The zero-order valence-corrected chi connectivity index (χ0v) is 13.7. The van der Waals surface area contributed by atoms with Crippen molar-refractivity contribution in [3.8, 4) is 0 Å². The number of anilines is 1. The number of benzene rings is 1. The summed E-state index contributed by atoms with van der Waals surface area (Å²) in [6, 6.07) is 1.84. The lowest BCUT2D eigenvalue weighted by Crippen LogP contribution is -2.36. The molecular formula is C13H17BrF2N2O2S. The van der Waals surface area contributed by atoms with Crippen molar-refractivity contribution >= 4 is 31.6 Å². The maximum Gasteiger partial charge on any atom is 0.232 e. The molecule has 0 bridgehead atoms. The Morgan fingerprint density at radius 3 is 2.71 bits per heavy atom. The topological polar surface area (TPSA) is 58.2 Å². The van der Waals surface area contributed by atoms with Crippen LogP contribution < -0.4 is 10.0 Å². The molecule has 1 atom stereocenters. The van der Waals surface area contributed by atoms with Gasteiger partial charge in [0, 0.05) is 16.6 Å². The van der Waals surface area contributed by atoms with E-state index in [-0.39, 0.29) is 22.0 Å². The molecule has 118 valence electrons. The zero-order valence-electron chi connectivity index (χ0n) is 11.3. The van der Waals surface area contributed by atoms with Gasteiger partial charge in [-0.05, 0) is 47.8 Å². The molecule has 0 spiro atoms. The van der Waals surface area contributed by atoms with Gasteiger partial charge in [-0.25, -0.2) is 17.2 Å². The van der Waals surface area contributed by atoms with E-state index in [9.17, 15) is 17.2 Å². The molecule has 4 nitrogen and oxygen atoms in total. The molecule has 1 fully saturated rings. The molecule has 21 heavy (non-hydrogen) atoms. The predicted octanol–water partition coefficient (Wildman–Crippen LogP) is 3.00. The van der Waals surface area contributed by atoms with Crippen molar-refractivity contribution in [1.82, 2.24) is 5.32 Å². The van der Waals surface area contributed by atoms with Crippen LogP contribution in [0.25, 0.3) is 0 Å². The Labute approximate surface area is 131 Å². The summed E-state index contributed by atoms with van der Waals surface area (Å²) >= 11 is 2.96. The van der Waals surface area contributed by atoms with Gasteiger partial charge < -0.3 is 5.32 Å². The van der Waals surface area contributed by atoms with E-state index < -0.39 is 21.7 Å². The molecule has 1 aromatic rings. The highest BCUT2D eigenvalue weighted by Crippen LogP contribution is 2.28. The average Bonchev–Trinajstić information content (AvgIpc) is 2.42. The first-order valence-electron chi connectivity index (χ1n) is 6.76. The second-order valence-electron chi connectivity index (χ2n) is 5.10. The third kappa shape index (κ3) is 4.89. The van der Waals surface area contributed by atoms with Crippen molar-refractivity contribution in [3.05, 3.63) is 28.2 Å². The molecule has 1 unspecified atom stereocenters. The molecule has 0 aliphatic carbocycles. The van der Waals surface area contributed by atoms with Gasteiger partial charge in [0.05, 0.1) is 11.4 Å². The standard InChI is InChI=1S/C13H17BrF2N2O2S/c14-11-7-9(15)8-12(16)13(11)18-21(19,20)6-4-10-3-1-2-5-17-10/h7-8,10,17-18H,1-6H2. The highest BCUT2D eigenvalue weighted by molar-refractivity contribution is 9.10. The van der Waals surface area contributed by atoms with E-state index in [1.165, 1.54) is 0 Å². The first kappa shape index (κ1) is 16.6. The zero-order chi connectivity index (χ0) is 15.5. The Morgan fingerprint density at radius 1 is 1.33 bits per heavy atom. The first-order valence-corrected chi connectivity index (χ1v) is 9.20. The summed E-state index contributed by atoms with van der Waals surface area (Å²) in [4.78, 5) is 0. The van der Waals surface area contributed by atoms with Gasteiger partial charge in [-0.1, -0.05) is 6.42 Å². The minimum atomic E-state index is -3.67. The van der Waals surface area contributed by atoms with Gasteiger partial charge in [0.1, 0.15) is 5.82 Å². The lowest BCUT2D eigenvalue weighted by molar-refractivity contribution is 0.393. The molecule has 1 saturated heterocycles. The Balaban J connectivity index is 2.00. The van der Waals surface area contributed by atoms with Gasteiger partial charge in [-0.2, -0.15) is 0 Å². The Bertz CT molecular complexity index is 581. The molecule has 8 heteroatoms. The van der Waals surface area contributed by atoms with Crippen LogP contribution in [-0.2, 0) is 10.0 Å². The molecule has 1 aliphatic rings. The second-order valence-corrected chi connectivity index (χ2v) is 7.80. The normalized spacial score (nSPS) is 19.5. The fourth-order valence-corrected chi connectivity index (χ4v) is 4.17. The summed E-state index contributed by atoms with van der Waals surface area (Å²) in [6.45, 7) is 0.899. The van der Waals surface area contributed by atoms with Gasteiger partial charge in [-0.3, -0.25) is 4.72 Å². The Kier molecular flexibility index (Phi) is 5.56. The van der Waals surface area contributed by atoms with Crippen molar-refractivity contribution in [2.24, 2.45) is 0 Å². The summed E-state index contributed by atoms with van der Waals surface area (Å²) in [5.74, 6) is -1.82. The summed E-state index contributed by atoms with van der Waals surface area (Å²) in [5, 5.41) is 3.26. The van der Waals surface area contributed by atoms with E-state index in [0.717, 1.165) is 31.9 Å². The van der Waals surface area contributed by atoms with E-state index >= 15 is 0 Å². The van der Waals surface area contributed by atoms with Crippen LogP contribution in [0, 0.1) is 11.6 Å². The van der Waals surface area contributed by atoms with Crippen molar-refractivity contribution in [3.63, 3.8) is 0 Å². The first-order chi connectivity index (χ1) is 9.87. The van der Waals surface area contributed by atoms with Crippen LogP contribution in [0.2, 0.25) is 0 Å². The van der Waals surface area contributed by atoms with E-state index in [0.29, 0.717) is 12.5 Å². The van der Waals surface area contributed by atoms with E-state index in [1.807, 2.05) is 0 Å².